The molecule has 1 heterocycles. The lowest BCUT2D eigenvalue weighted by Crippen LogP contribution is -2.40. The molecule has 0 radical (unpaired) electrons. The summed E-state index contributed by atoms with van der Waals surface area (Å²) in [5, 5.41) is 0. The Morgan fingerprint density at radius 2 is 2.15 bits per heavy atom. The van der Waals surface area contributed by atoms with Crippen molar-refractivity contribution in [3.63, 3.8) is 0 Å². The molecule has 0 aromatic heterocycles. The van der Waals surface area contributed by atoms with Gasteiger partial charge in [-0.1, -0.05) is 25.1 Å². The molecule has 0 atom stereocenters. The van der Waals surface area contributed by atoms with Crippen molar-refractivity contribution in [2.75, 3.05) is 31.1 Å². The molecule has 0 bridgehead atoms. The lowest BCUT2D eigenvalue weighted by Gasteiger charge is -2.25. The summed E-state index contributed by atoms with van der Waals surface area (Å²) in [6.07, 6.45) is 4.82. The summed E-state index contributed by atoms with van der Waals surface area (Å²) < 4.78 is 0. The van der Waals surface area contributed by atoms with E-state index in [9.17, 15) is 4.79 Å². The van der Waals surface area contributed by atoms with Gasteiger partial charge in [-0.25, -0.2) is 0 Å². The highest BCUT2D eigenvalue weighted by atomic mass is 16.2. The number of carbonyl (C=O) groups excluding carboxylic acids is 1. The van der Waals surface area contributed by atoms with E-state index in [-0.39, 0.29) is 5.91 Å². The topological polar surface area (TPSA) is 23.6 Å². The predicted molar refractivity (Wildman–Crippen MR) is 82.0 cm³/mol. The quantitative estimate of drug-likeness (QED) is 0.795. The first-order chi connectivity index (χ1) is 9.78. The first-order valence-corrected chi connectivity index (χ1v) is 7.88. The smallest absolute Gasteiger partial charge is 0.241 e. The molecule has 20 heavy (non-hydrogen) atoms. The molecule has 1 aliphatic carbocycles. The minimum Gasteiger partial charge on any atom is -0.311 e. The number of anilines is 1. The number of nitrogens with zero attached hydrogens (tertiary/aromatic N) is 2. The van der Waals surface area contributed by atoms with Crippen molar-refractivity contribution in [3.05, 3.63) is 29.8 Å². The van der Waals surface area contributed by atoms with Crippen LogP contribution in [0.2, 0.25) is 0 Å². The molecule has 3 nitrogen and oxygen atoms in total. The van der Waals surface area contributed by atoms with Crippen molar-refractivity contribution in [3.8, 4) is 0 Å². The molecule has 1 amide bonds. The fraction of sp³-hybridized carbons (Fsp3) is 0.588. The molecule has 1 saturated carbocycles. The molecule has 0 saturated heterocycles. The van der Waals surface area contributed by atoms with E-state index in [1.165, 1.54) is 18.4 Å². The number of hydrogen-bond donors (Lipinski definition) is 0. The minimum absolute atomic E-state index is 0.268. The van der Waals surface area contributed by atoms with Crippen LogP contribution in [0.25, 0.3) is 0 Å². The Balaban J connectivity index is 1.63. The van der Waals surface area contributed by atoms with Crippen molar-refractivity contribution in [2.24, 2.45) is 5.92 Å². The van der Waals surface area contributed by atoms with Crippen LogP contribution in [-0.2, 0) is 11.2 Å². The van der Waals surface area contributed by atoms with Crippen LogP contribution in [0, 0.1) is 5.92 Å². The van der Waals surface area contributed by atoms with Gasteiger partial charge in [0, 0.05) is 18.8 Å². The van der Waals surface area contributed by atoms with Crippen molar-refractivity contribution >= 4 is 11.6 Å². The number of hydrogen-bond acceptors (Lipinski definition) is 2. The zero-order chi connectivity index (χ0) is 13.9. The molecule has 1 fully saturated rings. The Labute approximate surface area is 121 Å². The van der Waals surface area contributed by atoms with Crippen molar-refractivity contribution in [2.45, 2.75) is 32.6 Å². The minimum atomic E-state index is 0.268. The third-order valence-electron chi connectivity index (χ3n) is 4.30. The van der Waals surface area contributed by atoms with E-state index in [1.54, 1.807) is 0 Å². The highest BCUT2D eigenvalue weighted by Gasteiger charge is 2.28. The highest BCUT2D eigenvalue weighted by molar-refractivity contribution is 5.96. The third kappa shape index (κ3) is 3.04. The predicted octanol–water partition coefficient (Wildman–Crippen LogP) is 2.70. The van der Waals surface area contributed by atoms with Gasteiger partial charge in [0.1, 0.15) is 0 Å². The van der Waals surface area contributed by atoms with E-state index in [0.29, 0.717) is 6.54 Å². The van der Waals surface area contributed by atoms with E-state index in [4.69, 9.17) is 0 Å². The molecule has 3 heteroatoms. The molecule has 1 aliphatic heterocycles. The van der Waals surface area contributed by atoms with Crippen LogP contribution in [0.3, 0.4) is 0 Å². The van der Waals surface area contributed by atoms with Gasteiger partial charge in [0.15, 0.2) is 0 Å². The Morgan fingerprint density at radius 1 is 1.35 bits per heavy atom. The van der Waals surface area contributed by atoms with Crippen molar-refractivity contribution in [1.82, 2.24) is 4.90 Å². The van der Waals surface area contributed by atoms with Crippen molar-refractivity contribution in [1.29, 1.82) is 0 Å². The molecule has 2 aliphatic rings. The van der Waals surface area contributed by atoms with Crippen LogP contribution in [-0.4, -0.2) is 37.0 Å². The number of amides is 1. The maximum Gasteiger partial charge on any atom is 0.241 e. The van der Waals surface area contributed by atoms with Crippen LogP contribution >= 0.6 is 0 Å². The molecule has 1 aromatic carbocycles. The summed E-state index contributed by atoms with van der Waals surface area (Å²) in [7, 11) is 0. The van der Waals surface area contributed by atoms with E-state index >= 15 is 0 Å². The average Bonchev–Trinajstić information content (AvgIpc) is 3.15. The van der Waals surface area contributed by atoms with Gasteiger partial charge in [-0.3, -0.25) is 9.69 Å². The summed E-state index contributed by atoms with van der Waals surface area (Å²) in [6, 6.07) is 8.30. The van der Waals surface area contributed by atoms with Gasteiger partial charge in [0.2, 0.25) is 5.91 Å². The van der Waals surface area contributed by atoms with Crippen LogP contribution in [0.4, 0.5) is 5.69 Å². The van der Waals surface area contributed by atoms with E-state index in [2.05, 4.69) is 30.0 Å². The normalized spacial score (nSPS) is 17.6. The molecule has 108 valence electrons. The van der Waals surface area contributed by atoms with Gasteiger partial charge in [0.05, 0.1) is 6.54 Å². The molecule has 0 unspecified atom stereocenters. The molecule has 3 rings (SSSR count). The summed E-state index contributed by atoms with van der Waals surface area (Å²) in [4.78, 5) is 16.9. The standard InChI is InChI=1S/C17H24N2O/c1-2-10-18(12-14-7-8-14)13-17(20)19-11-9-15-5-3-4-6-16(15)19/h3-6,14H,2,7-13H2,1H3. The van der Waals surface area contributed by atoms with Gasteiger partial charge in [0.25, 0.3) is 0 Å². The molecular formula is C17H24N2O. The lowest BCUT2D eigenvalue weighted by molar-refractivity contribution is -0.119. The number of para-hydroxylation sites is 1. The fourth-order valence-electron chi connectivity index (χ4n) is 3.09. The van der Waals surface area contributed by atoms with Crippen LogP contribution in [0.1, 0.15) is 31.7 Å². The third-order valence-corrected chi connectivity index (χ3v) is 4.30. The van der Waals surface area contributed by atoms with Crippen molar-refractivity contribution < 1.29 is 4.79 Å². The van der Waals surface area contributed by atoms with Gasteiger partial charge < -0.3 is 4.90 Å². The Bertz CT molecular complexity index is 482. The maximum absolute atomic E-state index is 12.6. The fourth-order valence-corrected chi connectivity index (χ4v) is 3.09. The second-order valence-electron chi connectivity index (χ2n) is 6.10. The summed E-state index contributed by atoms with van der Waals surface area (Å²) in [5.74, 6) is 1.12. The maximum atomic E-state index is 12.6. The summed E-state index contributed by atoms with van der Waals surface area (Å²) in [6.45, 7) is 5.77. The van der Waals surface area contributed by atoms with Crippen LogP contribution in [0.5, 0.6) is 0 Å². The number of benzene rings is 1. The average molecular weight is 272 g/mol. The first-order valence-electron chi connectivity index (χ1n) is 7.88. The van der Waals surface area contributed by atoms with Gasteiger partial charge in [-0.05, 0) is 49.8 Å². The molecule has 1 aromatic rings. The van der Waals surface area contributed by atoms with E-state index < -0.39 is 0 Å². The lowest BCUT2D eigenvalue weighted by atomic mass is 10.2. The van der Waals surface area contributed by atoms with Gasteiger partial charge in [-0.15, -0.1) is 0 Å². The Morgan fingerprint density at radius 3 is 2.90 bits per heavy atom. The van der Waals surface area contributed by atoms with Gasteiger partial charge >= 0.3 is 0 Å². The first kappa shape index (κ1) is 13.6. The molecule has 0 spiro atoms. The number of carbonyl (C=O) groups is 1. The second kappa shape index (κ2) is 5.96. The highest BCUT2D eigenvalue weighted by Crippen LogP contribution is 2.30. The van der Waals surface area contributed by atoms with Gasteiger partial charge in [-0.2, -0.15) is 0 Å². The zero-order valence-corrected chi connectivity index (χ0v) is 12.3. The monoisotopic (exact) mass is 272 g/mol. The van der Waals surface area contributed by atoms with E-state index in [0.717, 1.165) is 44.1 Å². The van der Waals surface area contributed by atoms with Crippen LogP contribution < -0.4 is 4.90 Å². The second-order valence-corrected chi connectivity index (χ2v) is 6.10. The Hall–Kier alpha value is -1.35. The largest absolute Gasteiger partial charge is 0.311 e. The van der Waals surface area contributed by atoms with E-state index in [1.807, 2.05) is 11.0 Å². The number of rotatable bonds is 6. The SMILES string of the molecule is CCCN(CC(=O)N1CCc2ccccc21)CC1CC1. The summed E-state index contributed by atoms with van der Waals surface area (Å²) >= 11 is 0. The van der Waals surface area contributed by atoms with Crippen LogP contribution in [0.15, 0.2) is 24.3 Å². The number of fused-ring (bicyclic) bond motifs is 1. The Kier molecular flexibility index (Phi) is 4.06. The summed E-state index contributed by atoms with van der Waals surface area (Å²) in [5.41, 5.74) is 2.44. The zero-order valence-electron chi connectivity index (χ0n) is 12.3. The molecular weight excluding hydrogens is 248 g/mol. The molecule has 0 N–H and O–H groups in total.